The summed E-state index contributed by atoms with van der Waals surface area (Å²) < 4.78 is 4.95. The number of nitrogens with one attached hydrogen (secondary N) is 1. The van der Waals surface area contributed by atoms with Crippen LogP contribution in [0.2, 0.25) is 5.02 Å². The molecular formula is C16H18ClN3O3. The van der Waals surface area contributed by atoms with Gasteiger partial charge in [0, 0.05) is 23.3 Å². The largest absolute Gasteiger partial charge is 0.351 e. The van der Waals surface area contributed by atoms with Crippen molar-refractivity contribution in [1.82, 2.24) is 10.1 Å². The summed E-state index contributed by atoms with van der Waals surface area (Å²) in [6.07, 6.45) is 0. The smallest absolute Gasteiger partial charge is 0.292 e. The van der Waals surface area contributed by atoms with E-state index in [4.69, 9.17) is 16.1 Å². The molecular weight excluding hydrogens is 318 g/mol. The van der Waals surface area contributed by atoms with Crippen molar-refractivity contribution in [3.8, 4) is 0 Å². The fourth-order valence-corrected chi connectivity index (χ4v) is 2.21. The van der Waals surface area contributed by atoms with Gasteiger partial charge in [0.25, 0.3) is 5.91 Å². The molecule has 0 saturated heterocycles. The molecule has 7 heteroatoms. The second-order valence-corrected chi connectivity index (χ2v) is 5.60. The van der Waals surface area contributed by atoms with Crippen LogP contribution in [0.3, 0.4) is 0 Å². The van der Waals surface area contributed by atoms with Crippen molar-refractivity contribution in [2.24, 2.45) is 0 Å². The average Bonchev–Trinajstić information content (AvgIpc) is 2.94. The number of hydrogen-bond donors (Lipinski definition) is 1. The lowest BCUT2D eigenvalue weighted by atomic mass is 10.2. The molecule has 0 atom stereocenters. The van der Waals surface area contributed by atoms with Crippen LogP contribution in [0.4, 0.5) is 5.69 Å². The highest BCUT2D eigenvalue weighted by Gasteiger charge is 2.21. The predicted molar refractivity (Wildman–Crippen MR) is 87.6 cm³/mol. The first-order valence-corrected chi connectivity index (χ1v) is 7.57. The molecule has 1 aromatic heterocycles. The molecule has 2 aromatic rings. The molecule has 2 amide bonds. The molecule has 0 spiro atoms. The van der Waals surface area contributed by atoms with E-state index in [1.54, 1.807) is 32.0 Å². The quantitative estimate of drug-likeness (QED) is 0.911. The zero-order valence-corrected chi connectivity index (χ0v) is 14.0. The van der Waals surface area contributed by atoms with Crippen LogP contribution in [0.5, 0.6) is 0 Å². The van der Waals surface area contributed by atoms with Gasteiger partial charge in [-0.15, -0.1) is 0 Å². The van der Waals surface area contributed by atoms with Crippen molar-refractivity contribution in [2.45, 2.75) is 20.8 Å². The number of halogens is 1. The third kappa shape index (κ3) is 4.32. The van der Waals surface area contributed by atoms with E-state index in [1.807, 2.05) is 13.0 Å². The lowest BCUT2D eigenvalue weighted by Gasteiger charge is -2.19. The molecule has 1 heterocycles. The van der Waals surface area contributed by atoms with Crippen molar-refractivity contribution in [3.05, 3.63) is 46.3 Å². The molecule has 0 aliphatic rings. The highest BCUT2D eigenvalue weighted by atomic mass is 35.5. The molecule has 0 aliphatic carbocycles. The van der Waals surface area contributed by atoms with Gasteiger partial charge in [-0.3, -0.25) is 9.59 Å². The Morgan fingerprint density at radius 2 is 2.04 bits per heavy atom. The summed E-state index contributed by atoms with van der Waals surface area (Å²) >= 11 is 5.93. The standard InChI is InChI=1S/C16H18ClN3O3/c1-4-20(16(22)14-7-11(3)19-23-14)9-15(21)18-13-8-12(17)6-5-10(13)2/h5-8H,4,9H2,1-3H3,(H,18,21). The van der Waals surface area contributed by atoms with E-state index in [0.29, 0.717) is 22.9 Å². The fourth-order valence-electron chi connectivity index (χ4n) is 2.04. The van der Waals surface area contributed by atoms with Gasteiger partial charge in [-0.2, -0.15) is 0 Å². The highest BCUT2D eigenvalue weighted by molar-refractivity contribution is 6.31. The van der Waals surface area contributed by atoms with E-state index in [9.17, 15) is 9.59 Å². The minimum Gasteiger partial charge on any atom is -0.351 e. The van der Waals surface area contributed by atoms with E-state index in [1.165, 1.54) is 4.90 Å². The zero-order valence-electron chi connectivity index (χ0n) is 13.2. The third-order valence-corrected chi connectivity index (χ3v) is 3.55. The minimum absolute atomic E-state index is 0.0823. The number of aromatic nitrogens is 1. The molecule has 6 nitrogen and oxygen atoms in total. The topological polar surface area (TPSA) is 75.4 Å². The molecule has 0 unspecified atom stereocenters. The van der Waals surface area contributed by atoms with Gasteiger partial charge in [-0.25, -0.2) is 0 Å². The molecule has 1 N–H and O–H groups in total. The highest BCUT2D eigenvalue weighted by Crippen LogP contribution is 2.20. The van der Waals surface area contributed by atoms with E-state index >= 15 is 0 Å². The maximum atomic E-state index is 12.3. The monoisotopic (exact) mass is 335 g/mol. The van der Waals surface area contributed by atoms with Crippen molar-refractivity contribution < 1.29 is 14.1 Å². The molecule has 0 radical (unpaired) electrons. The second kappa shape index (κ2) is 7.28. The zero-order chi connectivity index (χ0) is 17.0. The van der Waals surface area contributed by atoms with Gasteiger partial charge in [0.1, 0.15) is 6.54 Å². The minimum atomic E-state index is -0.369. The summed E-state index contributed by atoms with van der Waals surface area (Å²) in [5.74, 6) is -0.552. The number of benzene rings is 1. The van der Waals surface area contributed by atoms with Gasteiger partial charge >= 0.3 is 0 Å². The van der Waals surface area contributed by atoms with Crippen LogP contribution in [0, 0.1) is 13.8 Å². The van der Waals surface area contributed by atoms with Crippen LogP contribution in [-0.4, -0.2) is 35.0 Å². The summed E-state index contributed by atoms with van der Waals surface area (Å²) in [7, 11) is 0. The van der Waals surface area contributed by atoms with Gasteiger partial charge in [-0.05, 0) is 38.5 Å². The number of nitrogens with zero attached hydrogens (tertiary/aromatic N) is 2. The van der Waals surface area contributed by atoms with Crippen LogP contribution in [-0.2, 0) is 4.79 Å². The Kier molecular flexibility index (Phi) is 5.39. The molecule has 23 heavy (non-hydrogen) atoms. The average molecular weight is 336 g/mol. The maximum Gasteiger partial charge on any atom is 0.292 e. The summed E-state index contributed by atoms with van der Waals surface area (Å²) in [6, 6.07) is 6.79. The van der Waals surface area contributed by atoms with Crippen LogP contribution in [0.25, 0.3) is 0 Å². The summed E-state index contributed by atoms with van der Waals surface area (Å²) in [5, 5.41) is 6.98. The molecule has 1 aromatic carbocycles. The van der Waals surface area contributed by atoms with Gasteiger partial charge in [-0.1, -0.05) is 22.8 Å². The Hall–Kier alpha value is -2.34. The van der Waals surface area contributed by atoms with Crippen molar-refractivity contribution in [1.29, 1.82) is 0 Å². The molecule has 0 saturated carbocycles. The lowest BCUT2D eigenvalue weighted by Crippen LogP contribution is -2.37. The Labute approximate surface area is 139 Å². The van der Waals surface area contributed by atoms with Gasteiger partial charge in [0.05, 0.1) is 5.69 Å². The number of rotatable bonds is 5. The summed E-state index contributed by atoms with van der Waals surface area (Å²) in [4.78, 5) is 25.9. The van der Waals surface area contributed by atoms with E-state index in [-0.39, 0.29) is 24.1 Å². The fraction of sp³-hybridized carbons (Fsp3) is 0.312. The molecule has 2 rings (SSSR count). The van der Waals surface area contributed by atoms with E-state index in [2.05, 4.69) is 10.5 Å². The first-order valence-electron chi connectivity index (χ1n) is 7.19. The summed E-state index contributed by atoms with van der Waals surface area (Å²) in [6.45, 7) is 5.68. The maximum absolute atomic E-state index is 12.3. The van der Waals surface area contributed by atoms with Crippen molar-refractivity contribution in [2.75, 3.05) is 18.4 Å². The number of aryl methyl sites for hydroxylation is 2. The molecule has 0 bridgehead atoms. The van der Waals surface area contributed by atoms with E-state index in [0.717, 1.165) is 5.56 Å². The molecule has 0 fully saturated rings. The SMILES string of the molecule is CCN(CC(=O)Nc1cc(Cl)ccc1C)C(=O)c1cc(C)no1. The number of carbonyl (C=O) groups excluding carboxylic acids is 2. The van der Waals surface area contributed by atoms with Crippen molar-refractivity contribution in [3.63, 3.8) is 0 Å². The first-order chi connectivity index (χ1) is 10.9. The van der Waals surface area contributed by atoms with Crippen LogP contribution in [0.15, 0.2) is 28.8 Å². The summed E-state index contributed by atoms with van der Waals surface area (Å²) in [5.41, 5.74) is 2.13. The Morgan fingerprint density at radius 3 is 2.65 bits per heavy atom. The third-order valence-electron chi connectivity index (χ3n) is 3.32. The van der Waals surface area contributed by atoms with Crippen molar-refractivity contribution >= 4 is 29.1 Å². The molecule has 0 aliphatic heterocycles. The first kappa shape index (κ1) is 17.0. The predicted octanol–water partition coefficient (Wildman–Crippen LogP) is 3.05. The Morgan fingerprint density at radius 1 is 1.30 bits per heavy atom. The van der Waals surface area contributed by atoms with Crippen LogP contribution < -0.4 is 5.32 Å². The van der Waals surface area contributed by atoms with Crippen LogP contribution >= 0.6 is 11.6 Å². The Balaban J connectivity index is 2.05. The van der Waals surface area contributed by atoms with Crippen LogP contribution in [0.1, 0.15) is 28.7 Å². The lowest BCUT2D eigenvalue weighted by molar-refractivity contribution is -0.116. The van der Waals surface area contributed by atoms with E-state index < -0.39 is 0 Å². The molecule has 122 valence electrons. The normalized spacial score (nSPS) is 10.4. The number of amides is 2. The second-order valence-electron chi connectivity index (χ2n) is 5.16. The van der Waals surface area contributed by atoms with Gasteiger partial charge < -0.3 is 14.7 Å². The number of likely N-dealkylation sites (N-methyl/N-ethyl adjacent to an activating group) is 1. The van der Waals surface area contributed by atoms with Gasteiger partial charge in [0.2, 0.25) is 11.7 Å². The number of anilines is 1. The number of carbonyl (C=O) groups is 2. The number of hydrogen-bond acceptors (Lipinski definition) is 4. The Bertz CT molecular complexity index is 727. The van der Waals surface area contributed by atoms with Gasteiger partial charge in [0.15, 0.2) is 0 Å².